The minimum absolute atomic E-state index is 0.122. The number of furan rings is 1. The van der Waals surface area contributed by atoms with Gasteiger partial charge in [0.25, 0.3) is 5.91 Å². The summed E-state index contributed by atoms with van der Waals surface area (Å²) in [7, 11) is 0. The molecule has 0 aliphatic carbocycles. The SMILES string of the molecule is O=C(OCc1nc2ccccc2s1)C1CCCN1C(=O)c1ccco1. The summed E-state index contributed by atoms with van der Waals surface area (Å²) in [6.07, 6.45) is 2.82. The van der Waals surface area contributed by atoms with E-state index in [1.54, 1.807) is 12.1 Å². The van der Waals surface area contributed by atoms with E-state index in [4.69, 9.17) is 9.15 Å². The Hall–Kier alpha value is -2.67. The zero-order valence-electron chi connectivity index (χ0n) is 13.4. The maximum Gasteiger partial charge on any atom is 0.329 e. The van der Waals surface area contributed by atoms with Crippen molar-refractivity contribution in [2.45, 2.75) is 25.5 Å². The van der Waals surface area contributed by atoms with E-state index in [0.29, 0.717) is 13.0 Å². The fourth-order valence-electron chi connectivity index (χ4n) is 3.01. The molecule has 1 amide bonds. The number of para-hydroxylation sites is 1. The van der Waals surface area contributed by atoms with Gasteiger partial charge in [-0.3, -0.25) is 4.79 Å². The number of likely N-dealkylation sites (tertiary alicyclic amines) is 1. The number of hydrogen-bond donors (Lipinski definition) is 0. The quantitative estimate of drug-likeness (QED) is 0.671. The van der Waals surface area contributed by atoms with Gasteiger partial charge in [-0.15, -0.1) is 11.3 Å². The molecule has 2 aromatic heterocycles. The number of amides is 1. The molecular weight excluding hydrogens is 340 g/mol. The van der Waals surface area contributed by atoms with Gasteiger partial charge in [0.1, 0.15) is 17.7 Å². The lowest BCUT2D eigenvalue weighted by molar-refractivity contribution is -0.149. The van der Waals surface area contributed by atoms with Crippen LogP contribution in [0.3, 0.4) is 0 Å². The molecule has 0 N–H and O–H groups in total. The van der Waals surface area contributed by atoms with Gasteiger partial charge in [0.2, 0.25) is 0 Å². The predicted molar refractivity (Wildman–Crippen MR) is 92.2 cm³/mol. The normalized spacial score (nSPS) is 17.1. The summed E-state index contributed by atoms with van der Waals surface area (Å²) in [6.45, 7) is 0.651. The number of ether oxygens (including phenoxy) is 1. The number of benzene rings is 1. The standard InChI is InChI=1S/C18H16N2O4S/c21-17(14-7-4-10-23-14)20-9-3-6-13(20)18(22)24-11-16-19-12-5-1-2-8-15(12)25-16/h1-2,4-5,7-8,10,13H,3,6,9,11H2. The number of thiazole rings is 1. The molecule has 0 bridgehead atoms. The fraction of sp³-hybridized carbons (Fsp3) is 0.278. The topological polar surface area (TPSA) is 72.6 Å². The van der Waals surface area contributed by atoms with Gasteiger partial charge >= 0.3 is 5.97 Å². The van der Waals surface area contributed by atoms with Crippen molar-refractivity contribution in [1.82, 2.24) is 9.88 Å². The Kier molecular flexibility index (Phi) is 4.23. The third-order valence-corrected chi connectivity index (χ3v) is 5.20. The summed E-state index contributed by atoms with van der Waals surface area (Å²) in [5.74, 6) is -0.424. The molecule has 1 saturated heterocycles. The lowest BCUT2D eigenvalue weighted by Gasteiger charge is -2.22. The van der Waals surface area contributed by atoms with Crippen LogP contribution in [0.15, 0.2) is 47.1 Å². The summed E-state index contributed by atoms with van der Waals surface area (Å²) >= 11 is 1.50. The molecule has 7 heteroatoms. The van der Waals surface area contributed by atoms with E-state index >= 15 is 0 Å². The molecule has 1 unspecified atom stereocenters. The van der Waals surface area contributed by atoms with Crippen molar-refractivity contribution in [3.63, 3.8) is 0 Å². The van der Waals surface area contributed by atoms with Crippen LogP contribution in [0.2, 0.25) is 0 Å². The molecule has 25 heavy (non-hydrogen) atoms. The Morgan fingerprint density at radius 2 is 2.16 bits per heavy atom. The number of carbonyl (C=O) groups excluding carboxylic acids is 2. The van der Waals surface area contributed by atoms with E-state index in [1.165, 1.54) is 22.5 Å². The molecule has 1 atom stereocenters. The van der Waals surface area contributed by atoms with E-state index in [9.17, 15) is 9.59 Å². The van der Waals surface area contributed by atoms with Gasteiger partial charge < -0.3 is 14.1 Å². The summed E-state index contributed by atoms with van der Waals surface area (Å²) in [4.78, 5) is 30.9. The molecule has 1 aromatic carbocycles. The average molecular weight is 356 g/mol. The number of fused-ring (bicyclic) bond motifs is 1. The second-order valence-corrected chi connectivity index (χ2v) is 6.93. The van der Waals surface area contributed by atoms with Crippen LogP contribution in [0.4, 0.5) is 0 Å². The number of esters is 1. The van der Waals surface area contributed by atoms with E-state index in [-0.39, 0.29) is 18.3 Å². The molecule has 4 rings (SSSR count). The number of carbonyl (C=O) groups is 2. The molecule has 1 fully saturated rings. The molecule has 6 nitrogen and oxygen atoms in total. The smallest absolute Gasteiger partial charge is 0.329 e. The monoisotopic (exact) mass is 356 g/mol. The highest BCUT2D eigenvalue weighted by molar-refractivity contribution is 7.18. The first kappa shape index (κ1) is 15.8. The van der Waals surface area contributed by atoms with Gasteiger partial charge in [0.15, 0.2) is 5.76 Å². The molecule has 0 radical (unpaired) electrons. The zero-order chi connectivity index (χ0) is 17.2. The van der Waals surface area contributed by atoms with Crippen LogP contribution in [0, 0.1) is 0 Å². The second kappa shape index (κ2) is 6.68. The van der Waals surface area contributed by atoms with E-state index in [0.717, 1.165) is 21.6 Å². The molecular formula is C18H16N2O4S. The summed E-state index contributed by atoms with van der Waals surface area (Å²) in [5.41, 5.74) is 0.897. The van der Waals surface area contributed by atoms with Crippen LogP contribution >= 0.6 is 11.3 Å². The highest BCUT2D eigenvalue weighted by Gasteiger charge is 2.36. The average Bonchev–Trinajstić information content (AvgIpc) is 3.38. The van der Waals surface area contributed by atoms with Crippen molar-refractivity contribution >= 4 is 33.4 Å². The molecule has 3 aromatic rings. The van der Waals surface area contributed by atoms with Crippen molar-refractivity contribution < 1.29 is 18.7 Å². The molecule has 3 heterocycles. The molecule has 0 spiro atoms. The van der Waals surface area contributed by atoms with Crippen LogP contribution in [0.1, 0.15) is 28.4 Å². The third-order valence-electron chi connectivity index (χ3n) is 4.19. The molecule has 1 aliphatic heterocycles. The minimum atomic E-state index is -0.563. The minimum Gasteiger partial charge on any atom is -0.459 e. The Bertz CT molecular complexity index is 870. The van der Waals surface area contributed by atoms with Crippen molar-refractivity contribution in [2.75, 3.05) is 6.54 Å². The van der Waals surface area contributed by atoms with Gasteiger partial charge in [-0.05, 0) is 37.1 Å². The Morgan fingerprint density at radius 1 is 1.28 bits per heavy atom. The third kappa shape index (κ3) is 3.15. The first-order valence-corrected chi connectivity index (χ1v) is 8.89. The van der Waals surface area contributed by atoms with Gasteiger partial charge in [0.05, 0.1) is 16.5 Å². The summed E-state index contributed by atoms with van der Waals surface area (Å²) in [5, 5.41) is 0.747. The number of nitrogens with zero attached hydrogens (tertiary/aromatic N) is 2. The first-order valence-electron chi connectivity index (χ1n) is 8.08. The van der Waals surface area contributed by atoms with Crippen molar-refractivity contribution in [3.05, 3.63) is 53.4 Å². The van der Waals surface area contributed by atoms with Crippen molar-refractivity contribution in [2.24, 2.45) is 0 Å². The first-order chi connectivity index (χ1) is 12.2. The van der Waals surface area contributed by atoms with Gasteiger partial charge in [0, 0.05) is 6.54 Å². The molecule has 1 aliphatic rings. The maximum atomic E-state index is 12.4. The second-order valence-electron chi connectivity index (χ2n) is 5.82. The van der Waals surface area contributed by atoms with Crippen LogP contribution in [-0.4, -0.2) is 34.3 Å². The van der Waals surface area contributed by atoms with Crippen LogP contribution in [0.5, 0.6) is 0 Å². The zero-order valence-corrected chi connectivity index (χ0v) is 14.2. The lowest BCUT2D eigenvalue weighted by Crippen LogP contribution is -2.41. The van der Waals surface area contributed by atoms with Crippen LogP contribution in [-0.2, 0) is 16.1 Å². The molecule has 0 saturated carbocycles. The summed E-state index contributed by atoms with van der Waals surface area (Å²) in [6, 6.07) is 10.5. The van der Waals surface area contributed by atoms with Gasteiger partial charge in [-0.1, -0.05) is 12.1 Å². The van der Waals surface area contributed by atoms with E-state index < -0.39 is 12.0 Å². The lowest BCUT2D eigenvalue weighted by atomic mass is 10.2. The maximum absolute atomic E-state index is 12.4. The Balaban J connectivity index is 1.42. The fourth-order valence-corrected chi connectivity index (χ4v) is 3.89. The summed E-state index contributed by atoms with van der Waals surface area (Å²) < 4.78 is 11.6. The van der Waals surface area contributed by atoms with Gasteiger partial charge in [-0.25, -0.2) is 9.78 Å². The van der Waals surface area contributed by atoms with Gasteiger partial charge in [-0.2, -0.15) is 0 Å². The van der Waals surface area contributed by atoms with Crippen molar-refractivity contribution in [3.8, 4) is 0 Å². The molecule has 128 valence electrons. The number of aromatic nitrogens is 1. The Morgan fingerprint density at radius 3 is 2.96 bits per heavy atom. The van der Waals surface area contributed by atoms with E-state index in [1.807, 2.05) is 24.3 Å². The number of hydrogen-bond acceptors (Lipinski definition) is 6. The Labute approximate surface area is 148 Å². The predicted octanol–water partition coefficient (Wildman–Crippen LogP) is 3.24. The van der Waals surface area contributed by atoms with Crippen LogP contribution in [0.25, 0.3) is 10.2 Å². The van der Waals surface area contributed by atoms with E-state index in [2.05, 4.69) is 4.98 Å². The van der Waals surface area contributed by atoms with Crippen LogP contribution < -0.4 is 0 Å². The largest absolute Gasteiger partial charge is 0.459 e. The highest BCUT2D eigenvalue weighted by Crippen LogP contribution is 2.24. The highest BCUT2D eigenvalue weighted by atomic mass is 32.1. The van der Waals surface area contributed by atoms with Crippen molar-refractivity contribution in [1.29, 1.82) is 0 Å². The number of rotatable bonds is 4.